The molecule has 1 aromatic carbocycles. The van der Waals surface area contributed by atoms with E-state index in [0.717, 1.165) is 0 Å². The minimum Gasteiger partial charge on any atom is -0.421 e. The molecule has 0 unspecified atom stereocenters. The maximum atomic E-state index is 14.4. The zero-order valence-electron chi connectivity index (χ0n) is 18.1. The molecule has 0 saturated carbocycles. The number of anilines is 2. The maximum Gasteiger partial charge on any atom is 0.326 e. The van der Waals surface area contributed by atoms with Gasteiger partial charge in [0, 0.05) is 32.1 Å². The van der Waals surface area contributed by atoms with E-state index in [0.29, 0.717) is 70.1 Å². The lowest BCUT2D eigenvalue weighted by molar-refractivity contribution is 0.439. The van der Waals surface area contributed by atoms with Gasteiger partial charge in [-0.1, -0.05) is 0 Å². The van der Waals surface area contributed by atoms with Crippen molar-refractivity contribution in [3.8, 4) is 11.8 Å². The van der Waals surface area contributed by atoms with Gasteiger partial charge in [0.15, 0.2) is 5.75 Å². The van der Waals surface area contributed by atoms with E-state index in [4.69, 9.17) is 10.5 Å². The molecule has 1 aliphatic heterocycles. The van der Waals surface area contributed by atoms with Crippen molar-refractivity contribution in [2.24, 2.45) is 5.73 Å². The van der Waals surface area contributed by atoms with Crippen LogP contribution in [0.2, 0.25) is 0 Å². The van der Waals surface area contributed by atoms with Gasteiger partial charge in [-0.2, -0.15) is 9.97 Å². The molecule has 0 spiro atoms. The average Bonchev–Trinajstić information content (AvgIpc) is 3.44. The summed E-state index contributed by atoms with van der Waals surface area (Å²) < 4.78 is 34.4. The molecule has 0 atom stereocenters. The molecule has 0 bridgehead atoms. The summed E-state index contributed by atoms with van der Waals surface area (Å²) in [6.07, 6.45) is 3.58. The number of halogens is 2. The first-order valence-corrected chi connectivity index (χ1v) is 10.5. The fourth-order valence-corrected chi connectivity index (χ4v) is 4.04. The van der Waals surface area contributed by atoms with E-state index in [1.54, 1.807) is 14.0 Å². The first-order chi connectivity index (χ1) is 16.0. The van der Waals surface area contributed by atoms with Gasteiger partial charge in [-0.05, 0) is 31.1 Å². The standard InChI is InChI=1S/C22H22F2N8O/c1-11-27-8-14(9-28-11)33-22-30-20-18(15-5-13(23)6-17(26-2)19(15)29-20)21(31-22)32-4-3-12(10-32)16(24)7-25/h5-6,8-9,26H,3-4,7,10,25H2,1-2H3,(H,29,30,31)/b16-12-. The second-order valence-corrected chi connectivity index (χ2v) is 7.76. The van der Waals surface area contributed by atoms with Gasteiger partial charge >= 0.3 is 6.01 Å². The Morgan fingerprint density at radius 2 is 2.06 bits per heavy atom. The summed E-state index contributed by atoms with van der Waals surface area (Å²) in [6.45, 7) is 2.48. The second-order valence-electron chi connectivity index (χ2n) is 7.76. The van der Waals surface area contributed by atoms with Gasteiger partial charge in [0.2, 0.25) is 0 Å². The molecule has 1 aliphatic rings. The van der Waals surface area contributed by atoms with Gasteiger partial charge in [0.05, 0.1) is 29.0 Å². The van der Waals surface area contributed by atoms with Crippen LogP contribution in [0.15, 0.2) is 35.9 Å². The summed E-state index contributed by atoms with van der Waals surface area (Å²) in [7, 11) is 1.71. The molecular formula is C22H22F2N8O. The molecular weight excluding hydrogens is 430 g/mol. The van der Waals surface area contributed by atoms with Crippen LogP contribution in [0, 0.1) is 12.7 Å². The molecule has 0 aliphatic carbocycles. The van der Waals surface area contributed by atoms with Crippen molar-refractivity contribution in [2.75, 3.05) is 36.9 Å². The molecule has 1 saturated heterocycles. The average molecular weight is 452 g/mol. The summed E-state index contributed by atoms with van der Waals surface area (Å²) in [5, 5.41) is 4.24. The third-order valence-corrected chi connectivity index (χ3v) is 5.65. The number of hydrogen-bond acceptors (Lipinski definition) is 8. The molecule has 170 valence electrons. The highest BCUT2D eigenvalue weighted by Gasteiger charge is 2.26. The van der Waals surface area contributed by atoms with Crippen molar-refractivity contribution in [3.63, 3.8) is 0 Å². The van der Waals surface area contributed by atoms with Crippen LogP contribution in [-0.4, -0.2) is 51.6 Å². The Morgan fingerprint density at radius 1 is 1.27 bits per heavy atom. The number of aryl methyl sites for hydroxylation is 1. The zero-order chi connectivity index (χ0) is 23.1. The normalized spacial score (nSPS) is 15.5. The maximum absolute atomic E-state index is 14.4. The number of nitrogens with one attached hydrogen (secondary N) is 2. The van der Waals surface area contributed by atoms with Crippen LogP contribution in [0.4, 0.5) is 20.3 Å². The predicted octanol–water partition coefficient (Wildman–Crippen LogP) is 3.58. The lowest BCUT2D eigenvalue weighted by atomic mass is 10.1. The lowest BCUT2D eigenvalue weighted by Gasteiger charge is -2.18. The molecule has 9 nitrogen and oxygen atoms in total. The number of aromatic amines is 1. The van der Waals surface area contributed by atoms with Crippen LogP contribution >= 0.6 is 0 Å². The molecule has 4 heterocycles. The van der Waals surface area contributed by atoms with Crippen molar-refractivity contribution in [2.45, 2.75) is 13.3 Å². The highest BCUT2D eigenvalue weighted by molar-refractivity contribution is 6.14. The number of H-pyrrole nitrogens is 1. The number of benzene rings is 1. The minimum atomic E-state index is -0.396. The smallest absolute Gasteiger partial charge is 0.326 e. The monoisotopic (exact) mass is 452 g/mol. The predicted molar refractivity (Wildman–Crippen MR) is 122 cm³/mol. The molecule has 33 heavy (non-hydrogen) atoms. The van der Waals surface area contributed by atoms with Crippen molar-refractivity contribution in [1.82, 2.24) is 24.9 Å². The molecule has 4 aromatic rings. The topological polar surface area (TPSA) is 118 Å². The third kappa shape index (κ3) is 3.80. The Morgan fingerprint density at radius 3 is 2.79 bits per heavy atom. The number of aromatic nitrogens is 5. The first-order valence-electron chi connectivity index (χ1n) is 10.5. The summed E-state index contributed by atoms with van der Waals surface area (Å²) in [5.41, 5.74) is 7.85. The van der Waals surface area contributed by atoms with Crippen LogP contribution in [-0.2, 0) is 0 Å². The minimum absolute atomic E-state index is 0.0692. The summed E-state index contributed by atoms with van der Waals surface area (Å²) in [6, 6.07) is 2.91. The molecule has 5 rings (SSSR count). The van der Waals surface area contributed by atoms with E-state index in [2.05, 4.69) is 30.2 Å². The second kappa shape index (κ2) is 8.24. The summed E-state index contributed by atoms with van der Waals surface area (Å²) >= 11 is 0. The number of nitrogens with zero attached hydrogens (tertiary/aromatic N) is 5. The number of fused-ring (bicyclic) bond motifs is 3. The SMILES string of the molecule is CNc1cc(F)cc2c1[nH]c1nc(Oc3cnc(C)nc3)nc(N3CC/C(=C(/F)CN)C3)c12. The molecule has 0 amide bonds. The Labute approximate surface area is 187 Å². The highest BCUT2D eigenvalue weighted by Crippen LogP contribution is 2.38. The van der Waals surface area contributed by atoms with Gasteiger partial charge in [0.1, 0.15) is 28.9 Å². The molecule has 4 N–H and O–H groups in total. The van der Waals surface area contributed by atoms with Crippen molar-refractivity contribution in [3.05, 3.63) is 47.6 Å². The highest BCUT2D eigenvalue weighted by atomic mass is 19.1. The van der Waals surface area contributed by atoms with E-state index < -0.39 is 5.82 Å². The van der Waals surface area contributed by atoms with Crippen LogP contribution in [0.25, 0.3) is 21.9 Å². The molecule has 11 heteroatoms. The van der Waals surface area contributed by atoms with Gasteiger partial charge in [-0.3, -0.25) is 0 Å². The van der Waals surface area contributed by atoms with Gasteiger partial charge < -0.3 is 25.7 Å². The van der Waals surface area contributed by atoms with Crippen LogP contribution in [0.5, 0.6) is 11.8 Å². The van der Waals surface area contributed by atoms with Crippen LogP contribution in [0.1, 0.15) is 12.2 Å². The van der Waals surface area contributed by atoms with Crippen molar-refractivity contribution < 1.29 is 13.5 Å². The number of hydrogen-bond donors (Lipinski definition) is 3. The molecule has 3 aromatic heterocycles. The van der Waals surface area contributed by atoms with E-state index in [1.165, 1.54) is 24.5 Å². The largest absolute Gasteiger partial charge is 0.421 e. The third-order valence-electron chi connectivity index (χ3n) is 5.65. The summed E-state index contributed by atoms with van der Waals surface area (Å²) in [5.74, 6) is 0.780. The Bertz CT molecular complexity index is 1380. The van der Waals surface area contributed by atoms with Crippen LogP contribution < -0.4 is 20.7 Å². The molecule has 1 fully saturated rings. The fraction of sp³-hybridized carbons (Fsp3) is 0.273. The van der Waals surface area contributed by atoms with Crippen molar-refractivity contribution in [1.29, 1.82) is 0 Å². The van der Waals surface area contributed by atoms with E-state index in [-0.39, 0.29) is 18.4 Å². The molecule has 0 radical (unpaired) electrons. The van der Waals surface area contributed by atoms with E-state index in [1.807, 2.05) is 4.90 Å². The van der Waals surface area contributed by atoms with Gasteiger partial charge in [0.25, 0.3) is 0 Å². The van der Waals surface area contributed by atoms with Gasteiger partial charge in [-0.15, -0.1) is 0 Å². The quantitative estimate of drug-likeness (QED) is 0.421. The number of ether oxygens (including phenoxy) is 1. The van der Waals surface area contributed by atoms with E-state index >= 15 is 0 Å². The summed E-state index contributed by atoms with van der Waals surface area (Å²) in [4.78, 5) is 22.5. The Hall–Kier alpha value is -3.86. The number of nitrogens with two attached hydrogens (primary N) is 1. The zero-order valence-corrected chi connectivity index (χ0v) is 18.1. The number of rotatable bonds is 5. The van der Waals surface area contributed by atoms with Gasteiger partial charge in [-0.25, -0.2) is 18.7 Å². The van der Waals surface area contributed by atoms with Crippen LogP contribution in [0.3, 0.4) is 0 Å². The lowest BCUT2D eigenvalue weighted by Crippen LogP contribution is -2.20. The van der Waals surface area contributed by atoms with Crippen molar-refractivity contribution >= 4 is 33.4 Å². The Kier molecular flexibility index (Phi) is 5.25. The van der Waals surface area contributed by atoms with E-state index in [9.17, 15) is 8.78 Å². The first kappa shape index (κ1) is 21.0. The Balaban J connectivity index is 1.69. The fourth-order valence-electron chi connectivity index (χ4n) is 4.04.